The first kappa shape index (κ1) is 31.2. The van der Waals surface area contributed by atoms with Crippen LogP contribution in [0.15, 0.2) is 110 Å². The molecule has 218 valence electrons. The van der Waals surface area contributed by atoms with E-state index in [9.17, 15) is 14.4 Å². The van der Waals surface area contributed by atoms with E-state index in [1.165, 1.54) is 24.3 Å². The topological polar surface area (TPSA) is 107 Å². The quantitative estimate of drug-likeness (QED) is 0.0473. The second kappa shape index (κ2) is 16.7. The summed E-state index contributed by atoms with van der Waals surface area (Å²) < 4.78 is 32.2. The molecular weight excluding hydrogens is 540 g/mol. The van der Waals surface area contributed by atoms with E-state index < -0.39 is 17.9 Å². The molecule has 3 aromatic rings. The molecule has 9 nitrogen and oxygen atoms in total. The van der Waals surface area contributed by atoms with Gasteiger partial charge in [-0.3, -0.25) is 0 Å². The molecular formula is C33H32O9. The Hall–Kier alpha value is -5.31. The van der Waals surface area contributed by atoms with Gasteiger partial charge in [0.15, 0.2) is 0 Å². The second-order valence-corrected chi connectivity index (χ2v) is 8.59. The molecule has 3 aromatic carbocycles. The zero-order valence-electron chi connectivity index (χ0n) is 23.1. The summed E-state index contributed by atoms with van der Waals surface area (Å²) >= 11 is 0. The van der Waals surface area contributed by atoms with E-state index in [1.807, 2.05) is 0 Å². The minimum absolute atomic E-state index is 0.224. The Kier molecular flexibility index (Phi) is 12.4. The predicted octanol–water partition coefficient (Wildman–Crippen LogP) is 6.11. The largest absolute Gasteiger partial charge is 0.494 e. The summed E-state index contributed by atoms with van der Waals surface area (Å²) in [6.07, 6.45) is 3.83. The van der Waals surface area contributed by atoms with E-state index in [0.717, 1.165) is 6.08 Å². The number of hydrogen-bond acceptors (Lipinski definition) is 9. The number of hydrogen-bond donors (Lipinski definition) is 0. The van der Waals surface area contributed by atoms with Crippen LogP contribution in [-0.4, -0.2) is 44.3 Å². The lowest BCUT2D eigenvalue weighted by molar-refractivity contribution is -0.137. The van der Waals surface area contributed by atoms with Crippen molar-refractivity contribution in [3.63, 3.8) is 0 Å². The minimum atomic E-state index is -0.556. The molecule has 0 heterocycles. The van der Waals surface area contributed by atoms with Gasteiger partial charge in [0.2, 0.25) is 0 Å². The van der Waals surface area contributed by atoms with Crippen molar-refractivity contribution in [1.82, 2.24) is 0 Å². The van der Waals surface area contributed by atoms with Gasteiger partial charge < -0.3 is 28.4 Å². The first-order chi connectivity index (χ1) is 20.4. The third kappa shape index (κ3) is 10.7. The molecule has 0 fully saturated rings. The number of benzene rings is 3. The second-order valence-electron chi connectivity index (χ2n) is 8.59. The molecule has 0 atom stereocenters. The van der Waals surface area contributed by atoms with Crippen molar-refractivity contribution in [2.24, 2.45) is 0 Å². The molecule has 0 aliphatic rings. The summed E-state index contributed by atoms with van der Waals surface area (Å²) in [7, 11) is 0. The van der Waals surface area contributed by atoms with Crippen LogP contribution >= 0.6 is 0 Å². The molecule has 0 saturated heterocycles. The van der Waals surface area contributed by atoms with Gasteiger partial charge in [-0.15, -0.1) is 0 Å². The number of allylic oxidation sites excluding steroid dienone is 1. The SMILES string of the molecule is C=CC(=C)OCCCOc1ccc(C(=O)Oc2ccc(OC(=O)c3ccc(OCCCOC(=O)C=C)cc3)cc2)cc1. The van der Waals surface area contributed by atoms with Gasteiger partial charge in [0, 0.05) is 18.9 Å². The minimum Gasteiger partial charge on any atom is -0.494 e. The number of esters is 3. The van der Waals surface area contributed by atoms with E-state index in [-0.39, 0.29) is 12.4 Å². The van der Waals surface area contributed by atoms with Gasteiger partial charge >= 0.3 is 17.9 Å². The smallest absolute Gasteiger partial charge is 0.343 e. The molecule has 0 spiro atoms. The van der Waals surface area contributed by atoms with Gasteiger partial charge in [0.25, 0.3) is 0 Å². The molecule has 0 radical (unpaired) electrons. The van der Waals surface area contributed by atoms with Gasteiger partial charge in [0.1, 0.15) is 28.8 Å². The molecule has 0 amide bonds. The van der Waals surface area contributed by atoms with Crippen molar-refractivity contribution >= 4 is 17.9 Å². The maximum atomic E-state index is 12.5. The lowest BCUT2D eigenvalue weighted by Gasteiger charge is -2.09. The fourth-order valence-corrected chi connectivity index (χ4v) is 3.27. The zero-order chi connectivity index (χ0) is 30.2. The molecule has 0 N–H and O–H groups in total. The average molecular weight is 573 g/mol. The summed E-state index contributed by atoms with van der Waals surface area (Å²) in [5.74, 6) is 0.700. The highest BCUT2D eigenvalue weighted by atomic mass is 16.5. The molecule has 0 unspecified atom stereocenters. The Morgan fingerprint density at radius 1 is 0.548 bits per heavy atom. The lowest BCUT2D eigenvalue weighted by Crippen LogP contribution is -2.10. The normalized spacial score (nSPS) is 10.1. The van der Waals surface area contributed by atoms with E-state index in [2.05, 4.69) is 19.7 Å². The van der Waals surface area contributed by atoms with E-state index >= 15 is 0 Å². The van der Waals surface area contributed by atoms with Gasteiger partial charge in [-0.05, 0) is 78.9 Å². The molecule has 0 bridgehead atoms. The van der Waals surface area contributed by atoms with Crippen LogP contribution in [0.1, 0.15) is 33.6 Å². The standard InChI is InChI=1S/C33H32O9/c1-4-24(3)37-20-6-21-38-27-12-8-25(9-13-27)32(35)41-29-16-18-30(19-17-29)42-33(36)26-10-14-28(15-11-26)39-22-7-23-40-31(34)5-2/h4-5,8-19H,1-3,6-7,20-23H2. The molecule has 0 saturated carbocycles. The number of carbonyl (C=O) groups is 3. The third-order valence-electron chi connectivity index (χ3n) is 5.47. The van der Waals surface area contributed by atoms with Crippen LogP contribution in [0.25, 0.3) is 0 Å². The van der Waals surface area contributed by atoms with Crippen molar-refractivity contribution < 1.29 is 42.8 Å². The highest BCUT2D eigenvalue weighted by Crippen LogP contribution is 2.21. The van der Waals surface area contributed by atoms with Crippen molar-refractivity contribution in [2.75, 3.05) is 26.4 Å². The monoisotopic (exact) mass is 572 g/mol. The third-order valence-corrected chi connectivity index (χ3v) is 5.47. The Bertz CT molecular complexity index is 1250. The molecule has 0 aromatic heterocycles. The van der Waals surface area contributed by atoms with Crippen LogP contribution in [0.4, 0.5) is 0 Å². The van der Waals surface area contributed by atoms with Gasteiger partial charge in [-0.2, -0.15) is 0 Å². The first-order valence-corrected chi connectivity index (χ1v) is 13.1. The lowest BCUT2D eigenvalue weighted by atomic mass is 10.2. The molecule has 0 aliphatic heterocycles. The summed E-state index contributed by atoms with van der Waals surface area (Å²) in [6.45, 7) is 12.1. The maximum Gasteiger partial charge on any atom is 0.343 e. The number of ether oxygens (including phenoxy) is 6. The van der Waals surface area contributed by atoms with Crippen molar-refractivity contribution in [1.29, 1.82) is 0 Å². The van der Waals surface area contributed by atoms with Gasteiger partial charge in [-0.25, -0.2) is 14.4 Å². The Labute approximate surface area is 244 Å². The predicted molar refractivity (Wildman–Crippen MR) is 156 cm³/mol. The van der Waals surface area contributed by atoms with Crippen LogP contribution < -0.4 is 18.9 Å². The van der Waals surface area contributed by atoms with E-state index in [4.69, 9.17) is 28.4 Å². The number of carbonyl (C=O) groups excluding carboxylic acids is 3. The van der Waals surface area contributed by atoms with E-state index in [0.29, 0.717) is 66.8 Å². The van der Waals surface area contributed by atoms with Crippen LogP contribution in [0, 0.1) is 0 Å². The highest BCUT2D eigenvalue weighted by Gasteiger charge is 2.12. The van der Waals surface area contributed by atoms with Crippen LogP contribution in [-0.2, 0) is 14.3 Å². The maximum absolute atomic E-state index is 12.5. The Morgan fingerprint density at radius 3 is 1.36 bits per heavy atom. The molecule has 42 heavy (non-hydrogen) atoms. The Morgan fingerprint density at radius 2 is 0.952 bits per heavy atom. The van der Waals surface area contributed by atoms with Crippen molar-refractivity contribution in [3.8, 4) is 23.0 Å². The molecule has 9 heteroatoms. The summed E-state index contributed by atoms with van der Waals surface area (Å²) in [4.78, 5) is 36.0. The Balaban J connectivity index is 1.40. The fraction of sp³-hybridized carbons (Fsp3) is 0.182. The van der Waals surface area contributed by atoms with Gasteiger partial charge in [-0.1, -0.05) is 19.7 Å². The summed E-state index contributed by atoms with van der Waals surface area (Å²) in [6, 6.07) is 19.2. The van der Waals surface area contributed by atoms with Crippen LogP contribution in [0.5, 0.6) is 23.0 Å². The fourth-order valence-electron chi connectivity index (χ4n) is 3.27. The molecule has 3 rings (SSSR count). The van der Waals surface area contributed by atoms with Crippen LogP contribution in [0.3, 0.4) is 0 Å². The van der Waals surface area contributed by atoms with Crippen molar-refractivity contribution in [3.05, 3.63) is 122 Å². The van der Waals surface area contributed by atoms with E-state index in [1.54, 1.807) is 54.6 Å². The molecule has 0 aliphatic carbocycles. The summed E-state index contributed by atoms with van der Waals surface area (Å²) in [5.41, 5.74) is 0.684. The summed E-state index contributed by atoms with van der Waals surface area (Å²) in [5, 5.41) is 0. The van der Waals surface area contributed by atoms with Crippen LogP contribution in [0.2, 0.25) is 0 Å². The van der Waals surface area contributed by atoms with Crippen molar-refractivity contribution in [2.45, 2.75) is 12.8 Å². The van der Waals surface area contributed by atoms with Gasteiger partial charge in [0.05, 0.1) is 37.6 Å². The average Bonchev–Trinajstić information content (AvgIpc) is 3.01. The first-order valence-electron chi connectivity index (χ1n) is 13.1. The zero-order valence-corrected chi connectivity index (χ0v) is 23.1. The highest BCUT2D eigenvalue weighted by molar-refractivity contribution is 5.92. The number of rotatable bonds is 17.